The average molecular weight is 357 g/mol. The van der Waals surface area contributed by atoms with Gasteiger partial charge in [0.25, 0.3) is 10.0 Å². The van der Waals surface area contributed by atoms with Crippen LogP contribution in [0.25, 0.3) is 0 Å². The Balaban J connectivity index is 1.95. The molecule has 7 nitrogen and oxygen atoms in total. The Bertz CT molecular complexity index is 962. The first kappa shape index (κ1) is 16.7. The highest BCUT2D eigenvalue weighted by molar-refractivity contribution is 7.92. The van der Waals surface area contributed by atoms with E-state index in [0.29, 0.717) is 11.5 Å². The fraction of sp³-hybridized carbons (Fsp3) is 0.0588. The average Bonchev–Trinajstić information content (AvgIpc) is 2.63. The van der Waals surface area contributed by atoms with Gasteiger partial charge in [-0.25, -0.2) is 18.4 Å². The minimum Gasteiger partial charge on any atom is -0.493 e. The highest BCUT2D eigenvalue weighted by atomic mass is 32.2. The zero-order valence-electron chi connectivity index (χ0n) is 13.3. The van der Waals surface area contributed by atoms with Gasteiger partial charge in [0.2, 0.25) is 0 Å². The van der Waals surface area contributed by atoms with E-state index in [9.17, 15) is 8.42 Å². The van der Waals surface area contributed by atoms with Crippen LogP contribution in [-0.2, 0) is 10.0 Å². The third-order valence-corrected chi connectivity index (χ3v) is 4.64. The maximum atomic E-state index is 12.7. The van der Waals surface area contributed by atoms with E-state index in [4.69, 9.17) is 9.47 Å². The van der Waals surface area contributed by atoms with Gasteiger partial charge in [0.15, 0.2) is 11.5 Å². The number of benzene rings is 2. The lowest BCUT2D eigenvalue weighted by molar-refractivity contribution is 0.375. The molecule has 0 spiro atoms. The summed E-state index contributed by atoms with van der Waals surface area (Å²) >= 11 is 0. The van der Waals surface area contributed by atoms with E-state index >= 15 is 0 Å². The van der Waals surface area contributed by atoms with Crippen molar-refractivity contribution in [3.05, 3.63) is 67.1 Å². The van der Waals surface area contributed by atoms with Crippen LogP contribution in [0.3, 0.4) is 0 Å². The molecule has 0 saturated heterocycles. The highest BCUT2D eigenvalue weighted by Gasteiger charge is 2.21. The summed E-state index contributed by atoms with van der Waals surface area (Å²) in [4.78, 5) is 7.61. The Hall–Kier alpha value is -3.13. The molecule has 0 aliphatic rings. The van der Waals surface area contributed by atoms with Crippen LogP contribution >= 0.6 is 0 Å². The van der Waals surface area contributed by atoms with E-state index in [2.05, 4.69) is 14.7 Å². The van der Waals surface area contributed by atoms with Gasteiger partial charge in [0, 0.05) is 6.20 Å². The Morgan fingerprint density at radius 1 is 0.920 bits per heavy atom. The standard InChI is InChI=1S/C17H15N3O4S/c1-23-13-6-2-3-7-14(13)24-15-8-4-5-9-16(15)25(21,22)20-17-10-11-18-12-19-17/h2-12H,1H3,(H,18,19,20). The molecule has 0 aliphatic carbocycles. The Kier molecular flexibility index (Phi) is 4.80. The number of ether oxygens (including phenoxy) is 2. The molecule has 0 amide bonds. The second kappa shape index (κ2) is 7.18. The van der Waals surface area contributed by atoms with E-state index in [1.165, 1.54) is 31.8 Å². The van der Waals surface area contributed by atoms with Crippen molar-refractivity contribution in [1.82, 2.24) is 9.97 Å². The maximum Gasteiger partial charge on any atom is 0.266 e. The second-order valence-corrected chi connectivity index (χ2v) is 6.55. The lowest BCUT2D eigenvalue weighted by Crippen LogP contribution is -2.14. The monoisotopic (exact) mass is 357 g/mol. The van der Waals surface area contributed by atoms with Crippen LogP contribution in [0.5, 0.6) is 17.2 Å². The van der Waals surface area contributed by atoms with Gasteiger partial charge < -0.3 is 9.47 Å². The molecule has 8 heteroatoms. The molecule has 0 saturated carbocycles. The fourth-order valence-corrected chi connectivity index (χ4v) is 3.26. The predicted molar refractivity (Wildman–Crippen MR) is 92.4 cm³/mol. The second-order valence-electron chi connectivity index (χ2n) is 4.90. The number of nitrogens with zero attached hydrogens (tertiary/aromatic N) is 2. The number of anilines is 1. The van der Waals surface area contributed by atoms with Crippen molar-refractivity contribution in [3.63, 3.8) is 0 Å². The summed E-state index contributed by atoms with van der Waals surface area (Å²) in [6.45, 7) is 0. The van der Waals surface area contributed by atoms with Gasteiger partial charge in [-0.3, -0.25) is 4.72 Å². The first-order chi connectivity index (χ1) is 12.1. The summed E-state index contributed by atoms with van der Waals surface area (Å²) in [6, 6.07) is 14.8. The van der Waals surface area contributed by atoms with Crippen LogP contribution in [0, 0.1) is 0 Å². The van der Waals surface area contributed by atoms with Crippen molar-refractivity contribution in [2.75, 3.05) is 11.8 Å². The Labute approximate surface area is 145 Å². The molecule has 128 valence electrons. The predicted octanol–water partition coefficient (Wildman–Crippen LogP) is 3.08. The Morgan fingerprint density at radius 2 is 1.60 bits per heavy atom. The summed E-state index contributed by atoms with van der Waals surface area (Å²) in [5, 5.41) is 0. The van der Waals surface area contributed by atoms with Crippen molar-refractivity contribution in [1.29, 1.82) is 0 Å². The smallest absolute Gasteiger partial charge is 0.266 e. The lowest BCUT2D eigenvalue weighted by Gasteiger charge is -2.14. The molecular formula is C17H15N3O4S. The number of nitrogens with one attached hydrogen (secondary N) is 1. The molecule has 0 unspecified atom stereocenters. The van der Waals surface area contributed by atoms with Gasteiger partial charge in [-0.05, 0) is 30.3 Å². The van der Waals surface area contributed by atoms with Crippen LogP contribution < -0.4 is 14.2 Å². The summed E-state index contributed by atoms with van der Waals surface area (Å²) < 4.78 is 38.8. The summed E-state index contributed by atoms with van der Waals surface area (Å²) in [5.41, 5.74) is 0. The van der Waals surface area contributed by atoms with Crippen LogP contribution in [0.2, 0.25) is 0 Å². The van der Waals surface area contributed by atoms with E-state index in [0.717, 1.165) is 0 Å². The number of aromatic nitrogens is 2. The minimum absolute atomic E-state index is 0.0143. The zero-order chi connectivity index (χ0) is 17.7. The molecule has 0 bridgehead atoms. The van der Waals surface area contributed by atoms with Gasteiger partial charge >= 0.3 is 0 Å². The van der Waals surface area contributed by atoms with Gasteiger partial charge in [-0.1, -0.05) is 24.3 Å². The molecule has 0 atom stereocenters. The van der Waals surface area contributed by atoms with Crippen molar-refractivity contribution >= 4 is 15.8 Å². The molecule has 25 heavy (non-hydrogen) atoms. The van der Waals surface area contributed by atoms with Crippen LogP contribution in [0.4, 0.5) is 5.82 Å². The summed E-state index contributed by atoms with van der Waals surface area (Å²) in [7, 11) is -2.37. The largest absolute Gasteiger partial charge is 0.493 e. The number of rotatable bonds is 6. The molecule has 1 heterocycles. The third kappa shape index (κ3) is 3.86. The molecule has 1 aromatic heterocycles. The van der Waals surface area contributed by atoms with Crippen molar-refractivity contribution in [3.8, 4) is 17.2 Å². The first-order valence-electron chi connectivity index (χ1n) is 7.29. The van der Waals surface area contributed by atoms with E-state index < -0.39 is 10.0 Å². The van der Waals surface area contributed by atoms with Gasteiger partial charge in [0.05, 0.1) is 7.11 Å². The van der Waals surface area contributed by atoms with E-state index in [-0.39, 0.29) is 16.5 Å². The number of sulfonamides is 1. The number of hydrogen-bond acceptors (Lipinski definition) is 6. The fourth-order valence-electron chi connectivity index (χ4n) is 2.12. The quantitative estimate of drug-likeness (QED) is 0.729. The number of methoxy groups -OCH3 is 1. The van der Waals surface area contributed by atoms with Crippen LogP contribution in [-0.4, -0.2) is 25.5 Å². The molecule has 0 fully saturated rings. The zero-order valence-corrected chi connectivity index (χ0v) is 14.1. The van der Waals surface area contributed by atoms with Crippen LogP contribution in [0.1, 0.15) is 0 Å². The summed E-state index contributed by atoms with van der Waals surface area (Å²) in [6.07, 6.45) is 2.71. The molecule has 3 rings (SSSR count). The third-order valence-electron chi connectivity index (χ3n) is 3.25. The number of hydrogen-bond donors (Lipinski definition) is 1. The van der Waals surface area contributed by atoms with Gasteiger partial charge in [-0.2, -0.15) is 0 Å². The van der Waals surface area contributed by atoms with Crippen LogP contribution in [0.15, 0.2) is 72.0 Å². The van der Waals surface area contributed by atoms with Crippen molar-refractivity contribution < 1.29 is 17.9 Å². The van der Waals surface area contributed by atoms with Gasteiger partial charge in [-0.15, -0.1) is 0 Å². The highest BCUT2D eigenvalue weighted by Crippen LogP contribution is 2.34. The number of para-hydroxylation sites is 3. The van der Waals surface area contributed by atoms with Gasteiger partial charge in [0.1, 0.15) is 22.8 Å². The summed E-state index contributed by atoms with van der Waals surface area (Å²) in [5.74, 6) is 1.25. The van der Waals surface area contributed by atoms with Crippen molar-refractivity contribution in [2.45, 2.75) is 4.90 Å². The molecule has 0 radical (unpaired) electrons. The van der Waals surface area contributed by atoms with Crippen molar-refractivity contribution in [2.24, 2.45) is 0 Å². The SMILES string of the molecule is COc1ccccc1Oc1ccccc1S(=O)(=O)Nc1ccncn1. The normalized spacial score (nSPS) is 10.9. The molecule has 2 aromatic carbocycles. The molecule has 3 aromatic rings. The first-order valence-corrected chi connectivity index (χ1v) is 8.77. The Morgan fingerprint density at radius 3 is 2.28 bits per heavy atom. The molecule has 0 aliphatic heterocycles. The topological polar surface area (TPSA) is 90.4 Å². The van der Waals surface area contributed by atoms with E-state index in [1.54, 1.807) is 42.5 Å². The lowest BCUT2D eigenvalue weighted by atomic mass is 10.3. The maximum absolute atomic E-state index is 12.7. The molecule has 1 N–H and O–H groups in total. The van der Waals surface area contributed by atoms with E-state index in [1.807, 2.05) is 0 Å². The molecular weight excluding hydrogens is 342 g/mol. The minimum atomic E-state index is -3.89.